The first-order chi connectivity index (χ1) is 9.56. The molecule has 126 valence electrons. The smallest absolute Gasteiger partial charge is 0.0666 e. The molecule has 0 saturated carbocycles. The topological polar surface area (TPSA) is 9.23 Å². The summed E-state index contributed by atoms with van der Waals surface area (Å²) >= 11 is 0. The summed E-state index contributed by atoms with van der Waals surface area (Å²) in [6.07, 6.45) is 2.03. The zero-order valence-electron chi connectivity index (χ0n) is 16.2. The van der Waals surface area contributed by atoms with E-state index < -0.39 is 0 Å². The summed E-state index contributed by atoms with van der Waals surface area (Å²) in [5.74, 6) is 3.98. The van der Waals surface area contributed by atoms with E-state index in [-0.39, 0.29) is 0 Å². The molecule has 0 unspecified atom stereocenters. The molecule has 1 saturated heterocycles. The molecule has 0 amide bonds. The van der Waals surface area contributed by atoms with Gasteiger partial charge in [0.05, 0.1) is 12.2 Å². The largest absolute Gasteiger partial charge is 0.374 e. The van der Waals surface area contributed by atoms with Gasteiger partial charge in [0.2, 0.25) is 0 Å². The highest BCUT2D eigenvalue weighted by Gasteiger charge is 2.60. The highest BCUT2D eigenvalue weighted by Crippen LogP contribution is 2.59. The van der Waals surface area contributed by atoms with Gasteiger partial charge in [0.1, 0.15) is 0 Å². The van der Waals surface area contributed by atoms with Crippen LogP contribution >= 0.6 is 0 Å². The molecule has 1 heteroatoms. The van der Waals surface area contributed by atoms with Crippen LogP contribution in [0, 0.1) is 40.9 Å². The lowest BCUT2D eigenvalue weighted by molar-refractivity contribution is -0.0592. The van der Waals surface area contributed by atoms with E-state index in [0.717, 1.165) is 0 Å². The maximum absolute atomic E-state index is 6.75. The minimum atomic E-state index is 0.307. The summed E-state index contributed by atoms with van der Waals surface area (Å²) in [5.41, 5.74) is 0.307. The summed E-state index contributed by atoms with van der Waals surface area (Å²) in [7, 11) is 0. The minimum Gasteiger partial charge on any atom is -0.374 e. The summed E-state index contributed by atoms with van der Waals surface area (Å²) in [5, 5.41) is 0. The third kappa shape index (κ3) is 3.33. The third-order valence-electron chi connectivity index (χ3n) is 5.82. The fraction of sp³-hybridized carbons (Fsp3) is 1.00. The van der Waals surface area contributed by atoms with Gasteiger partial charge in [-0.25, -0.2) is 0 Å². The molecule has 1 heterocycles. The van der Waals surface area contributed by atoms with Crippen molar-refractivity contribution in [3.8, 4) is 0 Å². The molecule has 0 aromatic heterocycles. The van der Waals surface area contributed by atoms with Crippen LogP contribution in [0.2, 0.25) is 0 Å². The summed E-state index contributed by atoms with van der Waals surface area (Å²) in [4.78, 5) is 0. The number of rotatable bonds is 6. The molecule has 1 nitrogen and oxygen atoms in total. The molecule has 1 fully saturated rings. The molecule has 0 spiro atoms. The lowest BCUT2D eigenvalue weighted by Gasteiger charge is -2.49. The summed E-state index contributed by atoms with van der Waals surface area (Å²) in [6.45, 7) is 23.9. The van der Waals surface area contributed by atoms with Gasteiger partial charge in [0.25, 0.3) is 0 Å². The Kier molecular flexibility index (Phi) is 6.36. The predicted octanol–water partition coefficient (Wildman–Crippen LogP) is 6.03. The molecule has 1 rings (SSSR count). The molecule has 0 aliphatic carbocycles. The van der Waals surface area contributed by atoms with Crippen molar-refractivity contribution in [3.63, 3.8) is 0 Å². The molecular weight excluding hydrogens is 256 g/mol. The van der Waals surface area contributed by atoms with Crippen molar-refractivity contribution < 1.29 is 4.74 Å². The monoisotopic (exact) mass is 296 g/mol. The van der Waals surface area contributed by atoms with E-state index in [0.29, 0.717) is 53.1 Å². The van der Waals surface area contributed by atoms with Crippen LogP contribution in [0.1, 0.15) is 75.7 Å². The molecule has 3 atom stereocenters. The Morgan fingerprint density at radius 2 is 1.24 bits per heavy atom. The van der Waals surface area contributed by atoms with Gasteiger partial charge in [-0.2, -0.15) is 0 Å². The first-order valence-corrected chi connectivity index (χ1v) is 9.22. The van der Waals surface area contributed by atoms with Crippen molar-refractivity contribution in [1.29, 1.82) is 0 Å². The Bertz CT molecular complexity index is 306. The molecule has 0 N–H and O–H groups in total. The number of hydrogen-bond donors (Lipinski definition) is 0. The van der Waals surface area contributed by atoms with E-state index in [1.54, 1.807) is 0 Å². The second-order valence-corrected chi connectivity index (χ2v) is 9.05. The van der Waals surface area contributed by atoms with E-state index in [2.05, 4.69) is 69.2 Å². The van der Waals surface area contributed by atoms with Crippen LogP contribution in [0.5, 0.6) is 0 Å². The predicted molar refractivity (Wildman–Crippen MR) is 93.4 cm³/mol. The Balaban J connectivity index is 3.35. The van der Waals surface area contributed by atoms with Gasteiger partial charge in [-0.1, -0.05) is 69.2 Å². The van der Waals surface area contributed by atoms with Crippen molar-refractivity contribution in [2.45, 2.75) is 87.9 Å². The lowest BCUT2D eigenvalue weighted by atomic mass is 9.54. The highest BCUT2D eigenvalue weighted by molar-refractivity contribution is 5.07. The molecule has 0 aromatic carbocycles. The average molecular weight is 297 g/mol. The highest BCUT2D eigenvalue weighted by atomic mass is 16.5. The Morgan fingerprint density at radius 1 is 0.762 bits per heavy atom. The third-order valence-corrected chi connectivity index (χ3v) is 5.82. The zero-order valence-corrected chi connectivity index (χ0v) is 16.2. The maximum atomic E-state index is 6.75. The fourth-order valence-electron chi connectivity index (χ4n) is 5.40. The minimum absolute atomic E-state index is 0.307. The Labute approximate surface area is 134 Å². The molecule has 1 aliphatic rings. The summed E-state index contributed by atoms with van der Waals surface area (Å²) < 4.78 is 6.75. The van der Waals surface area contributed by atoms with Crippen LogP contribution < -0.4 is 0 Å². The fourth-order valence-corrected chi connectivity index (χ4v) is 5.40. The van der Waals surface area contributed by atoms with Gasteiger partial charge < -0.3 is 4.74 Å². The first kappa shape index (κ1) is 19.0. The van der Waals surface area contributed by atoms with Crippen molar-refractivity contribution in [2.24, 2.45) is 40.9 Å². The van der Waals surface area contributed by atoms with Crippen LogP contribution in [0.4, 0.5) is 0 Å². The van der Waals surface area contributed by atoms with Crippen molar-refractivity contribution in [1.82, 2.24) is 0 Å². The quantitative estimate of drug-likeness (QED) is 0.581. The second-order valence-electron chi connectivity index (χ2n) is 9.05. The van der Waals surface area contributed by atoms with Crippen LogP contribution in [-0.2, 0) is 4.74 Å². The molecular formula is C20H40O. The van der Waals surface area contributed by atoms with Crippen LogP contribution in [0.25, 0.3) is 0 Å². The maximum Gasteiger partial charge on any atom is 0.0666 e. The van der Waals surface area contributed by atoms with Gasteiger partial charge in [-0.15, -0.1) is 0 Å². The normalized spacial score (nSPS) is 29.6. The Morgan fingerprint density at radius 3 is 1.52 bits per heavy atom. The molecule has 0 bridgehead atoms. The van der Waals surface area contributed by atoms with E-state index in [1.165, 1.54) is 6.42 Å². The number of ether oxygens (including phenoxy) is 1. The molecule has 1 aliphatic heterocycles. The summed E-state index contributed by atoms with van der Waals surface area (Å²) in [6, 6.07) is 0. The SMILES string of the molecule is CC(C)C[C@H]1O[C@@H](C(C)C)C(C(C)C)(C(C)C)[C@@H]1C(C)C. The first-order valence-electron chi connectivity index (χ1n) is 9.22. The lowest BCUT2D eigenvalue weighted by Crippen LogP contribution is -2.49. The van der Waals surface area contributed by atoms with Gasteiger partial charge in [0, 0.05) is 5.41 Å². The number of hydrogen-bond acceptors (Lipinski definition) is 1. The van der Waals surface area contributed by atoms with Gasteiger partial charge in [-0.05, 0) is 41.9 Å². The standard InChI is InChI=1S/C20H40O/c1-12(2)11-17-18(13(3)4)20(15(7)8,16(9)10)19(21-17)14(5)6/h12-19H,11H2,1-10H3/t17-,18-,19+/m1/s1. The van der Waals surface area contributed by atoms with E-state index in [9.17, 15) is 0 Å². The van der Waals surface area contributed by atoms with Crippen LogP contribution in [0.3, 0.4) is 0 Å². The van der Waals surface area contributed by atoms with Gasteiger partial charge in [-0.3, -0.25) is 0 Å². The van der Waals surface area contributed by atoms with E-state index in [1.807, 2.05) is 0 Å². The molecule has 21 heavy (non-hydrogen) atoms. The van der Waals surface area contributed by atoms with Crippen molar-refractivity contribution in [3.05, 3.63) is 0 Å². The molecule has 0 radical (unpaired) electrons. The van der Waals surface area contributed by atoms with Crippen LogP contribution in [-0.4, -0.2) is 12.2 Å². The van der Waals surface area contributed by atoms with Crippen LogP contribution in [0.15, 0.2) is 0 Å². The van der Waals surface area contributed by atoms with Crippen molar-refractivity contribution in [2.75, 3.05) is 0 Å². The van der Waals surface area contributed by atoms with Gasteiger partial charge in [0.15, 0.2) is 0 Å². The van der Waals surface area contributed by atoms with Crippen molar-refractivity contribution >= 4 is 0 Å². The van der Waals surface area contributed by atoms with E-state index in [4.69, 9.17) is 4.74 Å². The second kappa shape index (κ2) is 7.02. The van der Waals surface area contributed by atoms with E-state index >= 15 is 0 Å². The average Bonchev–Trinajstić information content (AvgIpc) is 2.63. The Hall–Kier alpha value is -0.0400. The zero-order chi connectivity index (χ0) is 16.5. The molecule has 0 aromatic rings. The van der Waals surface area contributed by atoms with Gasteiger partial charge >= 0.3 is 0 Å².